The molecule has 1 unspecified atom stereocenters. The van der Waals surface area contributed by atoms with Gasteiger partial charge in [-0.3, -0.25) is 0 Å². The van der Waals surface area contributed by atoms with Gasteiger partial charge in [-0.15, -0.1) is 6.58 Å². The molecule has 0 aromatic heterocycles. The van der Waals surface area contributed by atoms with E-state index in [9.17, 15) is 4.79 Å². The molecule has 0 bridgehead atoms. The summed E-state index contributed by atoms with van der Waals surface area (Å²) >= 11 is 0. The van der Waals surface area contributed by atoms with Gasteiger partial charge in [0.1, 0.15) is 5.75 Å². The molecule has 3 heteroatoms. The second-order valence-electron chi connectivity index (χ2n) is 8.97. The third-order valence-electron chi connectivity index (χ3n) is 6.08. The molecule has 2 aromatic rings. The van der Waals surface area contributed by atoms with Crippen LogP contribution in [0.15, 0.2) is 61.2 Å². The lowest BCUT2D eigenvalue weighted by atomic mass is 10.0. The van der Waals surface area contributed by atoms with E-state index < -0.39 is 0 Å². The Balaban J connectivity index is 1.65. The Morgan fingerprint density at radius 1 is 0.848 bits per heavy atom. The Labute approximate surface area is 201 Å². The van der Waals surface area contributed by atoms with Crippen molar-refractivity contribution in [3.05, 3.63) is 66.7 Å². The van der Waals surface area contributed by atoms with Gasteiger partial charge in [-0.05, 0) is 60.6 Å². The van der Waals surface area contributed by atoms with Crippen LogP contribution in [0.25, 0.3) is 11.1 Å². The number of ether oxygens (including phenoxy) is 2. The van der Waals surface area contributed by atoms with Gasteiger partial charge in [0.05, 0.1) is 18.8 Å². The molecule has 0 fully saturated rings. The normalized spacial score (nSPS) is 11.7. The summed E-state index contributed by atoms with van der Waals surface area (Å²) in [5.74, 6) is 1.04. The molecule has 0 heterocycles. The number of rotatable bonds is 17. The number of esters is 1. The quantitative estimate of drug-likeness (QED) is 0.137. The molecule has 2 rings (SSSR count). The average Bonchev–Trinajstić information content (AvgIpc) is 2.86. The SMILES string of the molecule is C=CCCCCCCCCCCOc1ccc(-c2ccc(C(=O)OCC(C)CC)cc2)cc1. The van der Waals surface area contributed by atoms with Gasteiger partial charge in [-0.1, -0.05) is 89.1 Å². The van der Waals surface area contributed by atoms with Crippen LogP contribution in [0.5, 0.6) is 5.75 Å². The molecular formula is C30H42O3. The van der Waals surface area contributed by atoms with Crippen LogP contribution in [0.4, 0.5) is 0 Å². The Kier molecular flexibility index (Phi) is 13.0. The average molecular weight is 451 g/mol. The molecule has 3 nitrogen and oxygen atoms in total. The first-order valence-electron chi connectivity index (χ1n) is 12.7. The number of hydrogen-bond acceptors (Lipinski definition) is 3. The van der Waals surface area contributed by atoms with E-state index in [0.29, 0.717) is 18.1 Å². The van der Waals surface area contributed by atoms with Gasteiger partial charge in [-0.25, -0.2) is 4.79 Å². The van der Waals surface area contributed by atoms with Crippen molar-refractivity contribution in [1.82, 2.24) is 0 Å². The Morgan fingerprint density at radius 2 is 1.39 bits per heavy atom. The van der Waals surface area contributed by atoms with Crippen LogP contribution >= 0.6 is 0 Å². The highest BCUT2D eigenvalue weighted by Gasteiger charge is 2.09. The highest BCUT2D eigenvalue weighted by molar-refractivity contribution is 5.90. The molecular weight excluding hydrogens is 408 g/mol. The fraction of sp³-hybridized carbons (Fsp3) is 0.500. The van der Waals surface area contributed by atoms with Gasteiger partial charge in [0.2, 0.25) is 0 Å². The summed E-state index contributed by atoms with van der Waals surface area (Å²) in [7, 11) is 0. The lowest BCUT2D eigenvalue weighted by Gasteiger charge is -2.10. The number of benzene rings is 2. The zero-order valence-electron chi connectivity index (χ0n) is 20.7. The number of carbonyl (C=O) groups is 1. The van der Waals surface area contributed by atoms with E-state index in [1.54, 1.807) is 0 Å². The topological polar surface area (TPSA) is 35.5 Å². The fourth-order valence-electron chi connectivity index (χ4n) is 3.60. The van der Waals surface area contributed by atoms with Crippen molar-refractivity contribution in [3.63, 3.8) is 0 Å². The van der Waals surface area contributed by atoms with Gasteiger partial charge in [0.15, 0.2) is 0 Å². The smallest absolute Gasteiger partial charge is 0.338 e. The van der Waals surface area contributed by atoms with Crippen molar-refractivity contribution in [2.75, 3.05) is 13.2 Å². The summed E-state index contributed by atoms with van der Waals surface area (Å²) in [6.07, 6.45) is 14.4. The van der Waals surface area contributed by atoms with E-state index in [4.69, 9.17) is 9.47 Å². The van der Waals surface area contributed by atoms with E-state index in [1.807, 2.05) is 42.5 Å². The number of unbranched alkanes of at least 4 members (excludes halogenated alkanes) is 8. The molecule has 180 valence electrons. The lowest BCUT2D eigenvalue weighted by molar-refractivity contribution is 0.0447. The zero-order valence-corrected chi connectivity index (χ0v) is 20.7. The standard InChI is InChI=1S/C30H42O3/c1-4-6-7-8-9-10-11-12-13-14-23-32-29-21-19-27(20-22-29)26-15-17-28(18-16-26)30(31)33-24-25(3)5-2/h4,15-22,25H,1,5-14,23-24H2,2-3H3. The zero-order chi connectivity index (χ0) is 23.7. The third kappa shape index (κ3) is 10.7. The predicted octanol–water partition coefficient (Wildman–Crippen LogP) is 8.63. The molecule has 0 aliphatic rings. The summed E-state index contributed by atoms with van der Waals surface area (Å²) in [4.78, 5) is 12.2. The molecule has 0 amide bonds. The molecule has 0 N–H and O–H groups in total. The fourth-order valence-corrected chi connectivity index (χ4v) is 3.60. The molecule has 0 aliphatic heterocycles. The highest BCUT2D eigenvalue weighted by atomic mass is 16.5. The van der Waals surface area contributed by atoms with Crippen LogP contribution in [0.2, 0.25) is 0 Å². The maximum atomic E-state index is 12.2. The molecule has 0 radical (unpaired) electrons. The van der Waals surface area contributed by atoms with Crippen LogP contribution in [0, 0.1) is 5.92 Å². The first kappa shape index (κ1) is 26.7. The number of carbonyl (C=O) groups excluding carboxylic acids is 1. The van der Waals surface area contributed by atoms with E-state index in [2.05, 4.69) is 32.6 Å². The summed E-state index contributed by atoms with van der Waals surface area (Å²) in [5.41, 5.74) is 2.77. The first-order valence-corrected chi connectivity index (χ1v) is 12.7. The van der Waals surface area contributed by atoms with E-state index in [-0.39, 0.29) is 5.97 Å². The minimum Gasteiger partial charge on any atom is -0.494 e. The largest absolute Gasteiger partial charge is 0.494 e. The maximum absolute atomic E-state index is 12.2. The maximum Gasteiger partial charge on any atom is 0.338 e. The van der Waals surface area contributed by atoms with E-state index in [0.717, 1.165) is 42.7 Å². The van der Waals surface area contributed by atoms with Crippen molar-refractivity contribution in [1.29, 1.82) is 0 Å². The summed E-state index contributed by atoms with van der Waals surface area (Å²) in [6.45, 7) is 9.19. The van der Waals surface area contributed by atoms with Crippen LogP contribution in [0.1, 0.15) is 88.4 Å². The van der Waals surface area contributed by atoms with Crippen molar-refractivity contribution in [2.45, 2.75) is 78.1 Å². The van der Waals surface area contributed by atoms with Gasteiger partial charge in [0.25, 0.3) is 0 Å². The summed E-state index contributed by atoms with van der Waals surface area (Å²) < 4.78 is 11.3. The monoisotopic (exact) mass is 450 g/mol. The lowest BCUT2D eigenvalue weighted by Crippen LogP contribution is -2.11. The minimum absolute atomic E-state index is 0.255. The molecule has 0 saturated carbocycles. The van der Waals surface area contributed by atoms with Gasteiger partial charge in [-0.2, -0.15) is 0 Å². The van der Waals surface area contributed by atoms with Crippen LogP contribution in [-0.2, 0) is 4.74 Å². The molecule has 0 spiro atoms. The molecule has 33 heavy (non-hydrogen) atoms. The predicted molar refractivity (Wildman–Crippen MR) is 139 cm³/mol. The molecule has 2 aromatic carbocycles. The number of hydrogen-bond donors (Lipinski definition) is 0. The van der Waals surface area contributed by atoms with Crippen LogP contribution < -0.4 is 4.74 Å². The summed E-state index contributed by atoms with van der Waals surface area (Å²) in [5, 5.41) is 0. The molecule has 1 atom stereocenters. The highest BCUT2D eigenvalue weighted by Crippen LogP contribution is 2.23. The second-order valence-corrected chi connectivity index (χ2v) is 8.97. The molecule has 0 saturated heterocycles. The van der Waals surface area contributed by atoms with Crippen molar-refractivity contribution >= 4 is 5.97 Å². The van der Waals surface area contributed by atoms with E-state index in [1.165, 1.54) is 44.9 Å². The second kappa shape index (κ2) is 16.1. The van der Waals surface area contributed by atoms with Crippen molar-refractivity contribution in [2.24, 2.45) is 5.92 Å². The van der Waals surface area contributed by atoms with Gasteiger partial charge < -0.3 is 9.47 Å². The van der Waals surface area contributed by atoms with Crippen molar-refractivity contribution in [3.8, 4) is 16.9 Å². The molecule has 0 aliphatic carbocycles. The first-order chi connectivity index (χ1) is 16.1. The van der Waals surface area contributed by atoms with Crippen molar-refractivity contribution < 1.29 is 14.3 Å². The number of allylic oxidation sites excluding steroid dienone is 1. The Morgan fingerprint density at radius 3 is 1.97 bits per heavy atom. The van der Waals surface area contributed by atoms with Gasteiger partial charge >= 0.3 is 5.97 Å². The summed E-state index contributed by atoms with van der Waals surface area (Å²) in [6, 6.07) is 15.8. The third-order valence-corrected chi connectivity index (χ3v) is 6.08. The minimum atomic E-state index is -0.255. The Hall–Kier alpha value is -2.55. The van der Waals surface area contributed by atoms with Crippen LogP contribution in [0.3, 0.4) is 0 Å². The van der Waals surface area contributed by atoms with Crippen LogP contribution in [-0.4, -0.2) is 19.2 Å². The Bertz CT molecular complexity index is 792. The van der Waals surface area contributed by atoms with Gasteiger partial charge in [0, 0.05) is 0 Å². The van der Waals surface area contributed by atoms with E-state index >= 15 is 0 Å².